The van der Waals surface area contributed by atoms with Crippen LogP contribution >= 0.6 is 0 Å². The number of rotatable bonds is 5. The monoisotopic (exact) mass is 283 g/mol. The maximum absolute atomic E-state index is 11.9. The zero-order valence-corrected chi connectivity index (χ0v) is 12.9. The molecule has 116 valence electrons. The van der Waals surface area contributed by atoms with Crippen molar-refractivity contribution in [2.24, 2.45) is 5.41 Å². The third kappa shape index (κ3) is 5.04. The second-order valence-electron chi connectivity index (χ2n) is 6.67. The molecule has 0 unspecified atom stereocenters. The zero-order valence-electron chi connectivity index (χ0n) is 12.9. The number of hydrogen-bond acceptors (Lipinski definition) is 4. The Kier molecular flexibility index (Phi) is 5.81. The highest BCUT2D eigenvalue weighted by atomic mass is 16.5. The van der Waals surface area contributed by atoms with Gasteiger partial charge in [-0.1, -0.05) is 6.92 Å². The predicted molar refractivity (Wildman–Crippen MR) is 79.7 cm³/mol. The van der Waals surface area contributed by atoms with E-state index < -0.39 is 0 Å². The van der Waals surface area contributed by atoms with Crippen LogP contribution in [0.5, 0.6) is 0 Å². The summed E-state index contributed by atoms with van der Waals surface area (Å²) < 4.78 is 5.29. The van der Waals surface area contributed by atoms with E-state index in [2.05, 4.69) is 29.5 Å². The summed E-state index contributed by atoms with van der Waals surface area (Å²) in [4.78, 5) is 14.3. The standard InChI is InChI=1S/C15H29N3O2/c1-15(5-7-18(2)8-6-15)12-16-11-14(19)17-13-3-9-20-10-4-13/h13,16H,3-12H2,1-2H3,(H,17,19). The summed E-state index contributed by atoms with van der Waals surface area (Å²) in [6.07, 6.45) is 4.29. The number of ether oxygens (including phenoxy) is 1. The summed E-state index contributed by atoms with van der Waals surface area (Å²) in [5, 5.41) is 6.42. The van der Waals surface area contributed by atoms with Crippen molar-refractivity contribution >= 4 is 5.91 Å². The Balaban J connectivity index is 1.61. The van der Waals surface area contributed by atoms with Gasteiger partial charge in [0.15, 0.2) is 0 Å². The van der Waals surface area contributed by atoms with Gasteiger partial charge in [-0.15, -0.1) is 0 Å². The molecule has 0 aromatic rings. The summed E-state index contributed by atoms with van der Waals surface area (Å²) in [6.45, 7) is 7.54. The fraction of sp³-hybridized carbons (Fsp3) is 0.933. The molecule has 5 nitrogen and oxygen atoms in total. The fourth-order valence-corrected chi connectivity index (χ4v) is 2.93. The van der Waals surface area contributed by atoms with Gasteiger partial charge in [0.05, 0.1) is 6.54 Å². The molecule has 2 heterocycles. The molecule has 5 heteroatoms. The second kappa shape index (κ2) is 7.38. The van der Waals surface area contributed by atoms with E-state index in [1.54, 1.807) is 0 Å². The van der Waals surface area contributed by atoms with Crippen molar-refractivity contribution in [2.45, 2.75) is 38.6 Å². The van der Waals surface area contributed by atoms with Crippen molar-refractivity contribution in [2.75, 3.05) is 46.4 Å². The summed E-state index contributed by atoms with van der Waals surface area (Å²) >= 11 is 0. The Bertz CT molecular complexity index is 308. The van der Waals surface area contributed by atoms with Crippen molar-refractivity contribution in [1.82, 2.24) is 15.5 Å². The molecular formula is C15H29N3O2. The van der Waals surface area contributed by atoms with Gasteiger partial charge in [-0.05, 0) is 51.2 Å². The van der Waals surface area contributed by atoms with Gasteiger partial charge in [0.2, 0.25) is 5.91 Å². The van der Waals surface area contributed by atoms with Gasteiger partial charge >= 0.3 is 0 Å². The molecule has 2 rings (SSSR count). The summed E-state index contributed by atoms with van der Waals surface area (Å²) in [5.74, 6) is 0.119. The topological polar surface area (TPSA) is 53.6 Å². The van der Waals surface area contributed by atoms with Crippen LogP contribution in [0.15, 0.2) is 0 Å². The summed E-state index contributed by atoms with van der Waals surface area (Å²) in [6, 6.07) is 0.303. The Labute approximate surface area is 122 Å². The van der Waals surface area contributed by atoms with Crippen LogP contribution < -0.4 is 10.6 Å². The number of likely N-dealkylation sites (tertiary alicyclic amines) is 1. The number of carbonyl (C=O) groups excluding carboxylic acids is 1. The number of nitrogens with zero attached hydrogens (tertiary/aromatic N) is 1. The van der Waals surface area contributed by atoms with Crippen molar-refractivity contribution in [3.8, 4) is 0 Å². The minimum atomic E-state index is 0.119. The van der Waals surface area contributed by atoms with Gasteiger partial charge < -0.3 is 20.3 Å². The Hall–Kier alpha value is -0.650. The minimum absolute atomic E-state index is 0.119. The highest BCUT2D eigenvalue weighted by molar-refractivity contribution is 5.78. The number of hydrogen-bond donors (Lipinski definition) is 2. The summed E-state index contributed by atoms with van der Waals surface area (Å²) in [7, 11) is 2.17. The Morgan fingerprint density at radius 1 is 1.30 bits per heavy atom. The van der Waals surface area contributed by atoms with E-state index in [1.165, 1.54) is 12.8 Å². The number of piperidine rings is 1. The molecule has 0 radical (unpaired) electrons. The first-order valence-electron chi connectivity index (χ1n) is 7.84. The molecule has 2 aliphatic heterocycles. The van der Waals surface area contributed by atoms with Gasteiger partial charge in [-0.25, -0.2) is 0 Å². The molecule has 2 fully saturated rings. The zero-order chi connectivity index (χ0) is 14.4. The number of amides is 1. The van der Waals surface area contributed by atoms with Crippen LogP contribution in [0.25, 0.3) is 0 Å². The van der Waals surface area contributed by atoms with E-state index in [1.807, 2.05) is 0 Å². The highest BCUT2D eigenvalue weighted by Crippen LogP contribution is 2.29. The molecule has 0 spiro atoms. The maximum atomic E-state index is 11.9. The lowest BCUT2D eigenvalue weighted by Gasteiger charge is -2.38. The molecule has 2 saturated heterocycles. The van der Waals surface area contributed by atoms with Crippen LogP contribution in [-0.2, 0) is 9.53 Å². The fourth-order valence-electron chi connectivity index (χ4n) is 2.93. The minimum Gasteiger partial charge on any atom is -0.381 e. The van der Waals surface area contributed by atoms with Crippen LogP contribution in [0, 0.1) is 5.41 Å². The average molecular weight is 283 g/mol. The number of nitrogens with one attached hydrogen (secondary N) is 2. The van der Waals surface area contributed by atoms with Crippen molar-refractivity contribution in [3.63, 3.8) is 0 Å². The van der Waals surface area contributed by atoms with E-state index in [4.69, 9.17) is 4.74 Å². The van der Waals surface area contributed by atoms with E-state index in [0.29, 0.717) is 18.0 Å². The molecule has 0 aromatic carbocycles. The van der Waals surface area contributed by atoms with Crippen molar-refractivity contribution in [1.29, 1.82) is 0 Å². The van der Waals surface area contributed by atoms with Crippen LogP contribution in [0.2, 0.25) is 0 Å². The second-order valence-corrected chi connectivity index (χ2v) is 6.67. The van der Waals surface area contributed by atoms with Gasteiger partial charge in [-0.2, -0.15) is 0 Å². The first-order chi connectivity index (χ1) is 9.57. The predicted octanol–water partition coefficient (Wildman–Crippen LogP) is 0.603. The average Bonchev–Trinajstić information content (AvgIpc) is 2.44. The Morgan fingerprint density at radius 3 is 2.60 bits per heavy atom. The normalized spacial score (nSPS) is 24.5. The van der Waals surface area contributed by atoms with Crippen LogP contribution in [0.1, 0.15) is 32.6 Å². The quantitative estimate of drug-likeness (QED) is 0.776. The Morgan fingerprint density at radius 2 is 1.95 bits per heavy atom. The number of carbonyl (C=O) groups is 1. The summed E-state index contributed by atoms with van der Waals surface area (Å²) in [5.41, 5.74) is 0.339. The third-order valence-electron chi connectivity index (χ3n) is 4.62. The van der Waals surface area contributed by atoms with E-state index in [9.17, 15) is 4.79 Å². The van der Waals surface area contributed by atoms with Gasteiger partial charge in [0, 0.05) is 25.8 Å². The van der Waals surface area contributed by atoms with E-state index >= 15 is 0 Å². The van der Waals surface area contributed by atoms with Gasteiger partial charge in [0.1, 0.15) is 0 Å². The van der Waals surface area contributed by atoms with Crippen LogP contribution in [-0.4, -0.2) is 63.3 Å². The van der Waals surface area contributed by atoms with Crippen LogP contribution in [0.4, 0.5) is 0 Å². The van der Waals surface area contributed by atoms with Gasteiger partial charge in [-0.3, -0.25) is 4.79 Å². The molecule has 0 aromatic heterocycles. The molecule has 0 bridgehead atoms. The molecule has 2 N–H and O–H groups in total. The molecule has 1 amide bonds. The highest BCUT2D eigenvalue weighted by Gasteiger charge is 2.28. The molecule has 0 saturated carbocycles. The third-order valence-corrected chi connectivity index (χ3v) is 4.62. The van der Waals surface area contributed by atoms with Crippen molar-refractivity contribution < 1.29 is 9.53 Å². The molecule has 0 aliphatic carbocycles. The van der Waals surface area contributed by atoms with E-state index in [-0.39, 0.29) is 5.91 Å². The molecule has 0 atom stereocenters. The van der Waals surface area contributed by atoms with E-state index in [0.717, 1.165) is 45.7 Å². The maximum Gasteiger partial charge on any atom is 0.234 e. The SMILES string of the molecule is CN1CCC(C)(CNCC(=O)NC2CCOCC2)CC1. The smallest absolute Gasteiger partial charge is 0.234 e. The van der Waals surface area contributed by atoms with Gasteiger partial charge in [0.25, 0.3) is 0 Å². The first-order valence-corrected chi connectivity index (χ1v) is 7.84. The molecular weight excluding hydrogens is 254 g/mol. The van der Waals surface area contributed by atoms with Crippen molar-refractivity contribution in [3.05, 3.63) is 0 Å². The first kappa shape index (κ1) is 15.7. The molecule has 2 aliphatic rings. The largest absolute Gasteiger partial charge is 0.381 e. The lowest BCUT2D eigenvalue weighted by molar-refractivity contribution is -0.121. The molecule has 20 heavy (non-hydrogen) atoms. The van der Waals surface area contributed by atoms with Crippen LogP contribution in [0.3, 0.4) is 0 Å². The lowest BCUT2D eigenvalue weighted by atomic mass is 9.80. The lowest BCUT2D eigenvalue weighted by Crippen LogP contribution is -2.46.